The van der Waals surface area contributed by atoms with Crippen molar-refractivity contribution in [3.8, 4) is 0 Å². The van der Waals surface area contributed by atoms with Gasteiger partial charge in [0, 0.05) is 17.8 Å². The fraction of sp³-hybridized carbons (Fsp3) is 0.235. The summed E-state index contributed by atoms with van der Waals surface area (Å²) in [5.41, 5.74) is 4.18. The quantitative estimate of drug-likeness (QED) is 0.750. The van der Waals surface area contributed by atoms with Crippen LogP contribution in [0.5, 0.6) is 0 Å². The van der Waals surface area contributed by atoms with E-state index in [1.54, 1.807) is 6.07 Å². The molecule has 2 nitrogen and oxygen atoms in total. The summed E-state index contributed by atoms with van der Waals surface area (Å²) in [7, 11) is 0. The molecule has 0 unspecified atom stereocenters. The maximum absolute atomic E-state index is 10.8. The minimum atomic E-state index is 0.613. The first-order valence-corrected chi connectivity index (χ1v) is 7.27. The molecule has 1 aliphatic rings. The molecule has 0 fully saturated rings. The number of nitrogens with zero attached hydrogens (tertiary/aromatic N) is 1. The van der Waals surface area contributed by atoms with Gasteiger partial charge >= 0.3 is 0 Å². The lowest BCUT2D eigenvalue weighted by Gasteiger charge is -2.26. The van der Waals surface area contributed by atoms with Gasteiger partial charge in [0.05, 0.1) is 10.7 Å². The van der Waals surface area contributed by atoms with Crippen LogP contribution in [0.15, 0.2) is 42.5 Å². The van der Waals surface area contributed by atoms with Crippen molar-refractivity contribution in [1.29, 1.82) is 0 Å². The summed E-state index contributed by atoms with van der Waals surface area (Å²) in [5, 5.41) is 0.631. The first-order valence-electron chi connectivity index (χ1n) is 6.90. The third kappa shape index (κ3) is 2.44. The molecule has 2 aromatic rings. The Balaban J connectivity index is 2.07. The minimum absolute atomic E-state index is 0.613. The Bertz CT molecular complexity index is 639. The number of carbonyl (C=O) groups excluding carboxylic acids is 1. The van der Waals surface area contributed by atoms with E-state index in [9.17, 15) is 4.79 Å². The van der Waals surface area contributed by atoms with E-state index < -0.39 is 0 Å². The number of benzene rings is 2. The van der Waals surface area contributed by atoms with Gasteiger partial charge in [-0.2, -0.15) is 0 Å². The molecule has 102 valence electrons. The fourth-order valence-electron chi connectivity index (χ4n) is 2.76. The smallest absolute Gasteiger partial charge is 0.150 e. The van der Waals surface area contributed by atoms with Gasteiger partial charge in [0.25, 0.3) is 0 Å². The highest BCUT2D eigenvalue weighted by atomic mass is 35.5. The summed E-state index contributed by atoms with van der Waals surface area (Å²) in [5.74, 6) is 0. The molecule has 20 heavy (non-hydrogen) atoms. The second-order valence-electron chi connectivity index (χ2n) is 5.07. The largest absolute Gasteiger partial charge is 0.340 e. The Morgan fingerprint density at radius 2 is 1.90 bits per heavy atom. The van der Waals surface area contributed by atoms with E-state index in [0.717, 1.165) is 31.4 Å². The number of rotatable bonds is 2. The molecular formula is C17H16ClNO. The summed E-state index contributed by atoms with van der Waals surface area (Å²) < 4.78 is 0. The molecule has 0 bridgehead atoms. The molecular weight excluding hydrogens is 270 g/mol. The van der Waals surface area contributed by atoms with E-state index in [2.05, 4.69) is 29.2 Å². The first kappa shape index (κ1) is 13.2. The Kier molecular flexibility index (Phi) is 3.75. The highest BCUT2D eigenvalue weighted by Gasteiger charge is 2.18. The first-order chi connectivity index (χ1) is 9.79. The van der Waals surface area contributed by atoms with Gasteiger partial charge in [-0.25, -0.2) is 0 Å². The lowest BCUT2D eigenvalue weighted by atomic mass is 10.1. The van der Waals surface area contributed by atoms with E-state index >= 15 is 0 Å². The summed E-state index contributed by atoms with van der Waals surface area (Å²) in [6, 6.07) is 14.0. The van der Waals surface area contributed by atoms with Crippen molar-refractivity contribution in [3.63, 3.8) is 0 Å². The lowest BCUT2D eigenvalue weighted by Crippen LogP contribution is -2.18. The average molecular weight is 286 g/mol. The van der Waals surface area contributed by atoms with E-state index in [0.29, 0.717) is 10.6 Å². The van der Waals surface area contributed by atoms with Crippen LogP contribution in [0.1, 0.15) is 28.8 Å². The third-order valence-electron chi connectivity index (χ3n) is 3.76. The van der Waals surface area contributed by atoms with E-state index in [1.165, 1.54) is 17.7 Å². The summed E-state index contributed by atoms with van der Waals surface area (Å²) in [6.45, 7) is 0.956. The fourth-order valence-corrected chi connectivity index (χ4v) is 3.05. The molecule has 1 aliphatic heterocycles. The van der Waals surface area contributed by atoms with Gasteiger partial charge in [0.2, 0.25) is 0 Å². The standard InChI is InChI=1S/C17H16ClNO/c18-15-11-13(12-20)8-9-17(15)19-10-4-3-6-14-5-1-2-7-16(14)19/h1-2,5,7-9,11-12H,3-4,6,10H2. The van der Waals surface area contributed by atoms with Gasteiger partial charge in [-0.3, -0.25) is 4.79 Å². The second kappa shape index (κ2) is 5.68. The van der Waals surface area contributed by atoms with Crippen LogP contribution < -0.4 is 4.90 Å². The van der Waals surface area contributed by atoms with E-state index in [4.69, 9.17) is 11.6 Å². The number of hydrogen-bond donors (Lipinski definition) is 0. The maximum atomic E-state index is 10.8. The van der Waals surface area contributed by atoms with Gasteiger partial charge in [-0.1, -0.05) is 29.8 Å². The van der Waals surface area contributed by atoms with Gasteiger partial charge in [0.1, 0.15) is 6.29 Å². The summed E-state index contributed by atoms with van der Waals surface area (Å²) in [4.78, 5) is 13.1. The molecule has 0 aliphatic carbocycles. The van der Waals surface area contributed by atoms with Gasteiger partial charge < -0.3 is 4.90 Å². The molecule has 0 N–H and O–H groups in total. The molecule has 0 atom stereocenters. The molecule has 0 radical (unpaired) electrons. The normalized spacial score (nSPS) is 14.6. The zero-order chi connectivity index (χ0) is 13.9. The molecule has 0 aromatic heterocycles. The number of halogens is 1. The van der Waals surface area contributed by atoms with Crippen molar-refractivity contribution < 1.29 is 4.79 Å². The number of hydrogen-bond acceptors (Lipinski definition) is 2. The Morgan fingerprint density at radius 1 is 1.05 bits per heavy atom. The Morgan fingerprint density at radius 3 is 2.70 bits per heavy atom. The zero-order valence-electron chi connectivity index (χ0n) is 11.2. The van der Waals surface area contributed by atoms with Gasteiger partial charge in [0.15, 0.2) is 0 Å². The molecule has 3 heteroatoms. The van der Waals surface area contributed by atoms with E-state index in [1.807, 2.05) is 12.1 Å². The van der Waals surface area contributed by atoms with Crippen LogP contribution in [-0.2, 0) is 6.42 Å². The summed E-state index contributed by atoms with van der Waals surface area (Å²) in [6.07, 6.45) is 4.26. The van der Waals surface area contributed by atoms with Crippen molar-refractivity contribution in [2.24, 2.45) is 0 Å². The number of anilines is 2. The predicted molar refractivity (Wildman–Crippen MR) is 83.2 cm³/mol. The number of fused-ring (bicyclic) bond motifs is 1. The monoisotopic (exact) mass is 285 g/mol. The molecule has 0 spiro atoms. The van der Waals surface area contributed by atoms with Crippen LogP contribution >= 0.6 is 11.6 Å². The molecule has 1 heterocycles. The molecule has 0 saturated carbocycles. The highest BCUT2D eigenvalue weighted by Crippen LogP contribution is 2.36. The second-order valence-corrected chi connectivity index (χ2v) is 5.47. The Hall–Kier alpha value is -1.80. The van der Waals surface area contributed by atoms with Crippen molar-refractivity contribution in [2.45, 2.75) is 19.3 Å². The van der Waals surface area contributed by atoms with Crippen LogP contribution in [0.4, 0.5) is 11.4 Å². The van der Waals surface area contributed by atoms with Gasteiger partial charge in [-0.15, -0.1) is 0 Å². The van der Waals surface area contributed by atoms with Crippen LogP contribution in [-0.4, -0.2) is 12.8 Å². The maximum Gasteiger partial charge on any atom is 0.150 e. The summed E-state index contributed by atoms with van der Waals surface area (Å²) >= 11 is 6.36. The Labute approximate surface area is 124 Å². The van der Waals surface area contributed by atoms with Crippen molar-refractivity contribution in [2.75, 3.05) is 11.4 Å². The SMILES string of the molecule is O=Cc1ccc(N2CCCCc3ccccc32)c(Cl)c1. The topological polar surface area (TPSA) is 20.3 Å². The van der Waals surface area contributed by atoms with Crippen LogP contribution in [0, 0.1) is 0 Å². The average Bonchev–Trinajstić information content (AvgIpc) is 2.69. The molecule has 0 saturated heterocycles. The van der Waals surface area contributed by atoms with Crippen LogP contribution in [0.2, 0.25) is 5.02 Å². The predicted octanol–water partition coefficient (Wildman–Crippen LogP) is 4.63. The van der Waals surface area contributed by atoms with Crippen molar-refractivity contribution in [3.05, 3.63) is 58.6 Å². The third-order valence-corrected chi connectivity index (χ3v) is 4.06. The van der Waals surface area contributed by atoms with E-state index in [-0.39, 0.29) is 0 Å². The molecule has 0 amide bonds. The van der Waals surface area contributed by atoms with Crippen molar-refractivity contribution in [1.82, 2.24) is 0 Å². The molecule has 2 aromatic carbocycles. The number of aryl methyl sites for hydroxylation is 1. The highest BCUT2D eigenvalue weighted by molar-refractivity contribution is 6.33. The number of carbonyl (C=O) groups is 1. The molecule has 3 rings (SSSR count). The van der Waals surface area contributed by atoms with Gasteiger partial charge in [-0.05, 0) is 49.1 Å². The van der Waals surface area contributed by atoms with Crippen molar-refractivity contribution >= 4 is 29.3 Å². The lowest BCUT2D eigenvalue weighted by molar-refractivity contribution is 0.112. The number of aldehydes is 1. The number of para-hydroxylation sites is 1. The zero-order valence-corrected chi connectivity index (χ0v) is 11.9. The minimum Gasteiger partial charge on any atom is -0.340 e. The van der Waals surface area contributed by atoms with Crippen LogP contribution in [0.25, 0.3) is 0 Å². The van der Waals surface area contributed by atoms with Crippen LogP contribution in [0.3, 0.4) is 0 Å².